The summed E-state index contributed by atoms with van der Waals surface area (Å²) < 4.78 is 9.16. The molecule has 0 fully saturated rings. The number of esters is 2. The van der Waals surface area contributed by atoms with Crippen LogP contribution >= 0.6 is 0 Å². The van der Waals surface area contributed by atoms with Gasteiger partial charge in [0.15, 0.2) is 0 Å². The highest BCUT2D eigenvalue weighted by Crippen LogP contribution is 2.13. The molecule has 0 aliphatic carbocycles. The fourth-order valence-electron chi connectivity index (χ4n) is 1.43. The van der Waals surface area contributed by atoms with Crippen molar-refractivity contribution in [1.29, 1.82) is 0 Å². The highest BCUT2D eigenvalue weighted by Gasteiger charge is 2.34. The van der Waals surface area contributed by atoms with Gasteiger partial charge >= 0.3 is 11.9 Å². The SMILES string of the molecule is CC[C@@](C)(NC(=O)C[C@H](C)C(=O)OC)C(=O)OC. The quantitative estimate of drug-likeness (QED) is 0.708. The lowest BCUT2D eigenvalue weighted by Gasteiger charge is -2.26. The standard InChI is InChI=1S/C12H21NO5/c1-6-12(3,11(16)18-5)13-9(14)7-8(2)10(15)17-4/h8H,6-7H2,1-5H3,(H,13,14)/t8-,12+/m0/s1. The third kappa shape index (κ3) is 4.35. The average Bonchev–Trinajstić information content (AvgIpc) is 2.35. The maximum atomic E-state index is 11.7. The summed E-state index contributed by atoms with van der Waals surface area (Å²) in [6.07, 6.45) is 0.372. The van der Waals surface area contributed by atoms with Crippen LogP contribution in [-0.4, -0.2) is 37.6 Å². The van der Waals surface area contributed by atoms with Crippen LogP contribution in [-0.2, 0) is 23.9 Å². The van der Waals surface area contributed by atoms with Crippen LogP contribution < -0.4 is 5.32 Å². The van der Waals surface area contributed by atoms with Gasteiger partial charge in [0.1, 0.15) is 5.54 Å². The minimum atomic E-state index is -1.07. The van der Waals surface area contributed by atoms with Gasteiger partial charge in [-0.05, 0) is 13.3 Å². The molecular formula is C12H21NO5. The third-order valence-corrected chi connectivity index (χ3v) is 2.85. The minimum Gasteiger partial charge on any atom is -0.469 e. The van der Waals surface area contributed by atoms with Gasteiger partial charge in [-0.25, -0.2) is 4.79 Å². The minimum absolute atomic E-state index is 0.0285. The third-order valence-electron chi connectivity index (χ3n) is 2.85. The van der Waals surface area contributed by atoms with Crippen LogP contribution in [0.4, 0.5) is 0 Å². The van der Waals surface area contributed by atoms with Gasteiger partial charge in [0.25, 0.3) is 0 Å². The Bertz CT molecular complexity index is 328. The van der Waals surface area contributed by atoms with Gasteiger partial charge in [0.05, 0.1) is 20.1 Å². The molecular weight excluding hydrogens is 238 g/mol. The molecule has 0 heterocycles. The summed E-state index contributed by atoms with van der Waals surface area (Å²) in [4.78, 5) is 34.5. The Hall–Kier alpha value is -1.59. The molecule has 0 rings (SSSR count). The van der Waals surface area contributed by atoms with E-state index in [4.69, 9.17) is 0 Å². The Morgan fingerprint density at radius 3 is 2.17 bits per heavy atom. The Labute approximate surface area is 107 Å². The fraction of sp³-hybridized carbons (Fsp3) is 0.750. The summed E-state index contributed by atoms with van der Waals surface area (Å²) >= 11 is 0. The highest BCUT2D eigenvalue weighted by atomic mass is 16.5. The number of rotatable bonds is 6. The Kier molecular flexibility index (Phi) is 6.36. The zero-order valence-corrected chi connectivity index (χ0v) is 11.5. The van der Waals surface area contributed by atoms with E-state index in [0.717, 1.165) is 0 Å². The van der Waals surface area contributed by atoms with Gasteiger partial charge in [0.2, 0.25) is 5.91 Å². The number of hydrogen-bond donors (Lipinski definition) is 1. The molecule has 0 radical (unpaired) electrons. The molecule has 0 aromatic carbocycles. The molecule has 104 valence electrons. The van der Waals surface area contributed by atoms with E-state index in [1.165, 1.54) is 14.2 Å². The van der Waals surface area contributed by atoms with Gasteiger partial charge in [-0.2, -0.15) is 0 Å². The van der Waals surface area contributed by atoms with Crippen LogP contribution in [0.3, 0.4) is 0 Å². The molecule has 0 saturated heterocycles. The van der Waals surface area contributed by atoms with E-state index in [0.29, 0.717) is 6.42 Å². The molecule has 0 aliphatic rings. The highest BCUT2D eigenvalue weighted by molar-refractivity contribution is 5.89. The summed E-state index contributed by atoms with van der Waals surface area (Å²) in [6, 6.07) is 0. The second kappa shape index (κ2) is 6.98. The van der Waals surface area contributed by atoms with E-state index in [-0.39, 0.29) is 12.3 Å². The normalized spacial score (nSPS) is 15.2. The largest absolute Gasteiger partial charge is 0.469 e. The number of hydrogen-bond acceptors (Lipinski definition) is 5. The van der Waals surface area contributed by atoms with E-state index in [1.807, 2.05) is 0 Å². The number of methoxy groups -OCH3 is 2. The van der Waals surface area contributed by atoms with Crippen molar-refractivity contribution < 1.29 is 23.9 Å². The predicted octanol–water partition coefficient (Wildman–Crippen LogP) is 0.643. The fourth-order valence-corrected chi connectivity index (χ4v) is 1.43. The number of carbonyl (C=O) groups excluding carboxylic acids is 3. The molecule has 0 aromatic heterocycles. The van der Waals surface area contributed by atoms with Crippen molar-refractivity contribution in [2.45, 2.75) is 39.2 Å². The van der Waals surface area contributed by atoms with Crippen molar-refractivity contribution in [3.63, 3.8) is 0 Å². The molecule has 0 spiro atoms. The first kappa shape index (κ1) is 16.4. The van der Waals surface area contributed by atoms with E-state index in [9.17, 15) is 14.4 Å². The van der Waals surface area contributed by atoms with Crippen molar-refractivity contribution in [2.24, 2.45) is 5.92 Å². The van der Waals surface area contributed by atoms with Crippen LogP contribution in [0.15, 0.2) is 0 Å². The van der Waals surface area contributed by atoms with Crippen LogP contribution in [0, 0.1) is 5.92 Å². The molecule has 6 heteroatoms. The average molecular weight is 259 g/mol. The lowest BCUT2D eigenvalue weighted by atomic mass is 9.98. The van der Waals surface area contributed by atoms with Gasteiger partial charge in [-0.3, -0.25) is 9.59 Å². The zero-order chi connectivity index (χ0) is 14.3. The summed E-state index contributed by atoms with van der Waals surface area (Å²) in [6.45, 7) is 4.94. The smallest absolute Gasteiger partial charge is 0.331 e. The first-order valence-electron chi connectivity index (χ1n) is 5.78. The maximum absolute atomic E-state index is 11.7. The van der Waals surface area contributed by atoms with Gasteiger partial charge in [0, 0.05) is 6.42 Å². The maximum Gasteiger partial charge on any atom is 0.331 e. The first-order valence-corrected chi connectivity index (χ1v) is 5.78. The van der Waals surface area contributed by atoms with Crippen LogP contribution in [0.5, 0.6) is 0 Å². The Morgan fingerprint density at radius 2 is 1.78 bits per heavy atom. The van der Waals surface area contributed by atoms with Crippen molar-refractivity contribution >= 4 is 17.8 Å². The van der Waals surface area contributed by atoms with Gasteiger partial charge in [-0.1, -0.05) is 13.8 Å². The Balaban J connectivity index is 4.54. The summed E-state index contributed by atoms with van der Waals surface area (Å²) in [5.74, 6) is -1.90. The molecule has 2 atom stereocenters. The van der Waals surface area contributed by atoms with Crippen LogP contribution in [0.1, 0.15) is 33.6 Å². The van der Waals surface area contributed by atoms with Crippen molar-refractivity contribution in [1.82, 2.24) is 5.32 Å². The van der Waals surface area contributed by atoms with Crippen LogP contribution in [0.25, 0.3) is 0 Å². The monoisotopic (exact) mass is 259 g/mol. The summed E-state index contributed by atoms with van der Waals surface area (Å²) in [7, 11) is 2.53. The second-order valence-corrected chi connectivity index (χ2v) is 4.35. The number of amides is 1. The summed E-state index contributed by atoms with van der Waals surface area (Å²) in [5.41, 5.74) is -1.07. The lowest BCUT2D eigenvalue weighted by Crippen LogP contribution is -2.52. The predicted molar refractivity (Wildman–Crippen MR) is 64.7 cm³/mol. The molecule has 6 nitrogen and oxygen atoms in total. The van der Waals surface area contributed by atoms with Crippen LogP contribution in [0.2, 0.25) is 0 Å². The number of nitrogens with one attached hydrogen (secondary N) is 1. The Morgan fingerprint density at radius 1 is 1.22 bits per heavy atom. The first-order chi connectivity index (χ1) is 8.30. The van der Waals surface area contributed by atoms with E-state index >= 15 is 0 Å². The molecule has 0 aliphatic heterocycles. The van der Waals surface area contributed by atoms with Crippen molar-refractivity contribution in [2.75, 3.05) is 14.2 Å². The zero-order valence-electron chi connectivity index (χ0n) is 11.5. The van der Waals surface area contributed by atoms with Gasteiger partial charge in [-0.15, -0.1) is 0 Å². The van der Waals surface area contributed by atoms with Crippen molar-refractivity contribution in [3.8, 4) is 0 Å². The topological polar surface area (TPSA) is 81.7 Å². The second-order valence-electron chi connectivity index (χ2n) is 4.35. The lowest BCUT2D eigenvalue weighted by molar-refractivity contribution is -0.151. The number of carbonyl (C=O) groups is 3. The molecule has 0 saturated carbocycles. The van der Waals surface area contributed by atoms with E-state index in [1.54, 1.807) is 20.8 Å². The molecule has 0 aromatic rings. The van der Waals surface area contributed by atoms with E-state index in [2.05, 4.69) is 14.8 Å². The molecule has 0 bridgehead atoms. The molecule has 1 N–H and O–H groups in total. The molecule has 0 unspecified atom stereocenters. The molecule has 1 amide bonds. The van der Waals surface area contributed by atoms with Gasteiger partial charge < -0.3 is 14.8 Å². The van der Waals surface area contributed by atoms with E-state index < -0.39 is 23.4 Å². The summed E-state index contributed by atoms with van der Waals surface area (Å²) in [5, 5.41) is 2.58. The molecule has 18 heavy (non-hydrogen) atoms. The number of ether oxygens (including phenoxy) is 2. The van der Waals surface area contributed by atoms with Crippen molar-refractivity contribution in [3.05, 3.63) is 0 Å².